The van der Waals surface area contributed by atoms with E-state index in [1.54, 1.807) is 0 Å². The Labute approximate surface area is 350 Å². The highest BCUT2D eigenvalue weighted by molar-refractivity contribution is 6.14. The molecular formula is C57H45N3. The number of nitrogens with one attached hydrogen (secondary N) is 1. The molecule has 0 aliphatic carbocycles. The summed E-state index contributed by atoms with van der Waals surface area (Å²) in [7, 11) is 0. The number of nitrogen functional groups attached to an aromatic ring is 1. The van der Waals surface area contributed by atoms with Crippen molar-refractivity contribution in [1.82, 2.24) is 9.55 Å². The third kappa shape index (κ3) is 6.70. The van der Waals surface area contributed by atoms with Crippen LogP contribution in [0.1, 0.15) is 25.0 Å². The highest BCUT2D eigenvalue weighted by Crippen LogP contribution is 2.37. The van der Waals surface area contributed by atoms with Crippen LogP contribution in [0.2, 0.25) is 0 Å². The summed E-state index contributed by atoms with van der Waals surface area (Å²) in [5.74, 6) is 0. The first kappa shape index (κ1) is 36.7. The molecule has 0 aliphatic rings. The summed E-state index contributed by atoms with van der Waals surface area (Å²) >= 11 is 0. The van der Waals surface area contributed by atoms with Gasteiger partial charge in [0.25, 0.3) is 0 Å². The molecule has 0 aliphatic heterocycles. The lowest BCUT2D eigenvalue weighted by molar-refractivity contribution is 1.19. The second-order valence-electron chi connectivity index (χ2n) is 15.3. The van der Waals surface area contributed by atoms with E-state index in [0.717, 1.165) is 12.1 Å². The molecule has 0 spiro atoms. The summed E-state index contributed by atoms with van der Waals surface area (Å²) in [5.41, 5.74) is 17.7. The molecule has 12 rings (SSSR count). The van der Waals surface area contributed by atoms with E-state index < -0.39 is 0 Å². The number of aromatic amines is 1. The van der Waals surface area contributed by atoms with Gasteiger partial charge in [0.05, 0.1) is 11.0 Å². The van der Waals surface area contributed by atoms with Gasteiger partial charge < -0.3 is 15.3 Å². The molecule has 2 aromatic heterocycles. The van der Waals surface area contributed by atoms with Crippen LogP contribution in [0.25, 0.3) is 92.7 Å². The van der Waals surface area contributed by atoms with Gasteiger partial charge in [0.2, 0.25) is 0 Å². The van der Waals surface area contributed by atoms with Crippen molar-refractivity contribution in [3.05, 3.63) is 217 Å². The summed E-state index contributed by atoms with van der Waals surface area (Å²) in [6.07, 6.45) is 0.886. The largest absolute Gasteiger partial charge is 0.398 e. The monoisotopic (exact) mass is 771 g/mol. The number of aromatic nitrogens is 2. The Morgan fingerprint density at radius 3 is 1.73 bits per heavy atom. The lowest BCUT2D eigenvalue weighted by Gasteiger charge is -2.10. The third-order valence-corrected chi connectivity index (χ3v) is 11.7. The number of para-hydroxylation sites is 2. The number of hydrogen-bond donors (Lipinski definition) is 2. The molecule has 0 amide bonds. The highest BCUT2D eigenvalue weighted by atomic mass is 15.0. The number of anilines is 1. The van der Waals surface area contributed by atoms with Gasteiger partial charge in [-0.15, -0.1) is 0 Å². The fourth-order valence-electron chi connectivity index (χ4n) is 8.78. The van der Waals surface area contributed by atoms with Gasteiger partial charge in [-0.2, -0.15) is 0 Å². The van der Waals surface area contributed by atoms with Crippen LogP contribution in [0.3, 0.4) is 0 Å². The average molecular weight is 772 g/mol. The average Bonchev–Trinajstić information content (AvgIpc) is 3.84. The van der Waals surface area contributed by atoms with Crippen LogP contribution in [0, 0.1) is 0 Å². The molecule has 288 valence electrons. The number of fused-ring (bicyclic) bond motifs is 9. The Morgan fingerprint density at radius 1 is 0.400 bits per heavy atom. The van der Waals surface area contributed by atoms with E-state index in [-0.39, 0.29) is 0 Å². The van der Waals surface area contributed by atoms with Crippen LogP contribution >= 0.6 is 0 Å². The molecule has 10 aromatic carbocycles. The Hall–Kier alpha value is -7.62. The molecule has 3 heteroatoms. The van der Waals surface area contributed by atoms with E-state index in [2.05, 4.69) is 198 Å². The number of H-pyrrole nitrogens is 1. The quantitative estimate of drug-likeness (QED) is 0.172. The van der Waals surface area contributed by atoms with E-state index in [9.17, 15) is 0 Å². The fraction of sp³-hybridized carbons (Fsp3) is 0.0526. The molecule has 0 fully saturated rings. The van der Waals surface area contributed by atoms with Gasteiger partial charge in [0, 0.05) is 44.0 Å². The smallest absolute Gasteiger partial charge is 0.0541 e. The number of hydrogen-bond acceptors (Lipinski definition) is 1. The zero-order chi connectivity index (χ0) is 40.6. The number of nitrogens with zero attached hydrogens (tertiary/aromatic N) is 1. The highest BCUT2D eigenvalue weighted by Gasteiger charge is 2.15. The molecule has 0 bridgehead atoms. The maximum absolute atomic E-state index is 5.98. The Bertz CT molecular complexity index is 3510. The van der Waals surface area contributed by atoms with Crippen molar-refractivity contribution >= 4 is 81.6 Å². The minimum atomic E-state index is 0.866. The second-order valence-corrected chi connectivity index (χ2v) is 15.3. The molecule has 0 atom stereocenters. The fourth-order valence-corrected chi connectivity index (χ4v) is 8.78. The third-order valence-electron chi connectivity index (χ3n) is 11.7. The van der Waals surface area contributed by atoms with Gasteiger partial charge in [-0.3, -0.25) is 0 Å². The van der Waals surface area contributed by atoms with Crippen molar-refractivity contribution < 1.29 is 0 Å². The van der Waals surface area contributed by atoms with E-state index in [1.807, 2.05) is 32.0 Å². The van der Waals surface area contributed by atoms with Crippen LogP contribution in [0.5, 0.6) is 0 Å². The zero-order valence-electron chi connectivity index (χ0n) is 33.9. The van der Waals surface area contributed by atoms with E-state index >= 15 is 0 Å². The van der Waals surface area contributed by atoms with Crippen LogP contribution in [0.4, 0.5) is 5.69 Å². The molecule has 12 aromatic rings. The molecule has 60 heavy (non-hydrogen) atoms. The normalized spacial score (nSPS) is 11.3. The van der Waals surface area contributed by atoms with E-state index in [0.29, 0.717) is 0 Å². The van der Waals surface area contributed by atoms with Gasteiger partial charge in [0.1, 0.15) is 0 Å². The van der Waals surface area contributed by atoms with Gasteiger partial charge in [0.15, 0.2) is 0 Å². The number of benzene rings is 10. The van der Waals surface area contributed by atoms with Crippen LogP contribution in [0.15, 0.2) is 206 Å². The maximum atomic E-state index is 5.98. The van der Waals surface area contributed by atoms with Gasteiger partial charge in [-0.1, -0.05) is 166 Å². The minimum Gasteiger partial charge on any atom is -0.398 e. The first-order valence-electron chi connectivity index (χ1n) is 20.9. The topological polar surface area (TPSA) is 46.7 Å². The van der Waals surface area contributed by atoms with Gasteiger partial charge in [-0.25, -0.2) is 0 Å². The molecule has 3 nitrogen and oxygen atoms in total. The lowest BCUT2D eigenvalue weighted by atomic mass is 10.0. The van der Waals surface area contributed by atoms with Crippen LogP contribution < -0.4 is 5.73 Å². The Morgan fingerprint density at radius 2 is 0.967 bits per heavy atom. The van der Waals surface area contributed by atoms with Crippen LogP contribution in [-0.2, 0) is 6.42 Å². The van der Waals surface area contributed by atoms with Gasteiger partial charge in [-0.05, 0) is 116 Å². The van der Waals surface area contributed by atoms with E-state index in [4.69, 9.17) is 5.73 Å². The summed E-state index contributed by atoms with van der Waals surface area (Å²) < 4.78 is 2.40. The summed E-state index contributed by atoms with van der Waals surface area (Å²) in [6, 6.07) is 73.9. The summed E-state index contributed by atoms with van der Waals surface area (Å²) in [6.45, 7) is 4.00. The van der Waals surface area contributed by atoms with Gasteiger partial charge >= 0.3 is 0 Å². The molecule has 0 unspecified atom stereocenters. The van der Waals surface area contributed by atoms with Crippen molar-refractivity contribution in [2.75, 3.05) is 5.73 Å². The molecule has 3 N–H and O–H groups in total. The number of rotatable bonds is 4. The Balaban J connectivity index is 0.000000181. The van der Waals surface area contributed by atoms with Crippen molar-refractivity contribution in [1.29, 1.82) is 0 Å². The predicted molar refractivity (Wildman–Crippen MR) is 260 cm³/mol. The molecule has 0 saturated heterocycles. The van der Waals surface area contributed by atoms with Crippen molar-refractivity contribution in [3.63, 3.8) is 0 Å². The van der Waals surface area contributed by atoms with Crippen molar-refractivity contribution in [2.45, 2.75) is 20.3 Å². The summed E-state index contributed by atoms with van der Waals surface area (Å²) in [5, 5.41) is 12.7. The molecule has 0 saturated carbocycles. The first-order valence-corrected chi connectivity index (χ1v) is 20.9. The number of nitrogens with two attached hydrogens (primary N) is 1. The van der Waals surface area contributed by atoms with Crippen molar-refractivity contribution in [2.24, 2.45) is 0 Å². The molecular weight excluding hydrogens is 727 g/mol. The molecule has 0 radical (unpaired) electrons. The molecule has 2 heterocycles. The zero-order valence-corrected chi connectivity index (χ0v) is 33.9. The van der Waals surface area contributed by atoms with Crippen molar-refractivity contribution in [3.8, 4) is 16.8 Å². The SMILES string of the molecule is CC.Nc1ccccc1Cc1ccc2ccccc2c1.c1ccc2cc(-n3c4ccccc4c4cc(-c5ccc6c(c5)[nH]c5cc7ccccc7cc56)ccc43)ccc2c1. The second kappa shape index (κ2) is 15.6. The van der Waals surface area contributed by atoms with E-state index in [1.165, 1.54) is 104 Å². The Kier molecular flexibility index (Phi) is 9.55. The summed E-state index contributed by atoms with van der Waals surface area (Å²) in [4.78, 5) is 3.68. The predicted octanol–water partition coefficient (Wildman–Crippen LogP) is 15.4. The standard InChI is InChI=1S/C38H24N2.C17H15N.C2H6/c1-2-8-25-19-30(16-13-24(25)7-1)40-37-12-6-5-11-32(37)34-21-28(15-18-38(34)40)29-14-17-31-33-20-26-9-3-4-10-27(26)22-36(33)39-35(31)23-29;18-17-8-4-3-7-16(17)12-13-9-10-14-5-1-2-6-15(14)11-13;1-2/h1-23,39H;1-11H,12,18H2;1-2H3. The van der Waals surface area contributed by atoms with Crippen LogP contribution in [-0.4, -0.2) is 9.55 Å². The maximum Gasteiger partial charge on any atom is 0.0541 e. The lowest BCUT2D eigenvalue weighted by Crippen LogP contribution is -1.95. The first-order chi connectivity index (χ1) is 29.6. The minimum absolute atomic E-state index is 0.866.